The summed E-state index contributed by atoms with van der Waals surface area (Å²) in [7, 11) is 1.06. The van der Waals surface area contributed by atoms with Crippen LogP contribution >= 0.6 is 0 Å². The zero-order chi connectivity index (χ0) is 25.5. The highest BCUT2D eigenvalue weighted by Gasteiger charge is 2.45. The van der Waals surface area contributed by atoms with Crippen LogP contribution in [0.15, 0.2) is 48.5 Å². The van der Waals surface area contributed by atoms with Crippen molar-refractivity contribution in [3.05, 3.63) is 59.8 Å². The second-order valence-electron chi connectivity index (χ2n) is 8.16. The number of carbonyl (C=O) groups excluding carboxylic acids is 1. The van der Waals surface area contributed by atoms with Gasteiger partial charge in [-0.05, 0) is 35.7 Å². The fourth-order valence-corrected chi connectivity index (χ4v) is 4.12. The number of nitrogens with zero attached hydrogens (tertiary/aromatic N) is 1. The van der Waals surface area contributed by atoms with Crippen LogP contribution in [-0.4, -0.2) is 63.8 Å². The van der Waals surface area contributed by atoms with E-state index in [2.05, 4.69) is 0 Å². The molecular formula is C24H24F3NO7. The van der Waals surface area contributed by atoms with E-state index in [1.165, 1.54) is 6.07 Å². The number of carbonyl (C=O) groups is 1. The van der Waals surface area contributed by atoms with E-state index in [9.17, 15) is 33.3 Å². The fraction of sp³-hybridized carbons (Fsp3) is 0.375. The molecular weight excluding hydrogens is 471 g/mol. The van der Waals surface area contributed by atoms with Crippen molar-refractivity contribution >= 4 is 16.9 Å². The van der Waals surface area contributed by atoms with Gasteiger partial charge in [0.15, 0.2) is 5.69 Å². The number of aliphatic hydroxyl groups excluding tert-OH is 3. The number of benzene rings is 2. The Bertz CT molecular complexity index is 1210. The molecule has 0 radical (unpaired) electrons. The lowest BCUT2D eigenvalue weighted by Crippen LogP contribution is -2.60. The molecule has 3 N–H and O–H groups in total. The zero-order valence-electron chi connectivity index (χ0n) is 18.8. The Morgan fingerprint density at radius 2 is 1.71 bits per heavy atom. The second-order valence-corrected chi connectivity index (χ2v) is 8.16. The first-order valence-corrected chi connectivity index (χ1v) is 10.8. The van der Waals surface area contributed by atoms with E-state index in [0.717, 1.165) is 24.0 Å². The van der Waals surface area contributed by atoms with Gasteiger partial charge in [-0.3, -0.25) is 0 Å². The first kappa shape index (κ1) is 25.0. The van der Waals surface area contributed by atoms with Crippen LogP contribution in [0, 0.1) is 0 Å². The van der Waals surface area contributed by atoms with Crippen LogP contribution in [0.2, 0.25) is 0 Å². The number of fused-ring (bicyclic) bond motifs is 1. The highest BCUT2D eigenvalue weighted by Crippen LogP contribution is 2.39. The number of halogens is 3. The molecule has 5 atom stereocenters. The Hall–Kier alpha value is -3.12. The second kappa shape index (κ2) is 9.50. The lowest BCUT2D eigenvalue weighted by atomic mass is 9.97. The molecule has 0 amide bonds. The molecule has 1 saturated heterocycles. The van der Waals surface area contributed by atoms with Crippen molar-refractivity contribution in [2.24, 2.45) is 0 Å². The quantitative estimate of drug-likeness (QED) is 0.467. The Balaban J connectivity index is 1.92. The van der Waals surface area contributed by atoms with Crippen LogP contribution in [0.4, 0.5) is 13.2 Å². The normalized spacial score (nSPS) is 25.0. The molecule has 0 aliphatic carbocycles. The third kappa shape index (κ3) is 4.59. The molecule has 2 heterocycles. The van der Waals surface area contributed by atoms with Crippen LogP contribution in [-0.2, 0) is 15.7 Å². The maximum absolute atomic E-state index is 14.1. The summed E-state index contributed by atoms with van der Waals surface area (Å²) in [6.45, 7) is 1.67. The number of esters is 1. The van der Waals surface area contributed by atoms with E-state index in [1.54, 1.807) is 37.3 Å². The number of hydrogen-bond acceptors (Lipinski definition) is 7. The molecule has 0 spiro atoms. The first-order valence-electron chi connectivity index (χ1n) is 10.8. The van der Waals surface area contributed by atoms with Gasteiger partial charge in [0.25, 0.3) is 6.29 Å². The number of aromatic nitrogens is 1. The van der Waals surface area contributed by atoms with Crippen LogP contribution < -0.4 is 4.84 Å². The average Bonchev–Trinajstić information content (AvgIpc) is 3.21. The van der Waals surface area contributed by atoms with Crippen LogP contribution in [0.5, 0.6) is 0 Å². The molecule has 11 heteroatoms. The van der Waals surface area contributed by atoms with E-state index in [0.29, 0.717) is 5.56 Å². The van der Waals surface area contributed by atoms with Crippen molar-refractivity contribution in [1.29, 1.82) is 0 Å². The molecule has 35 heavy (non-hydrogen) atoms. The van der Waals surface area contributed by atoms with Gasteiger partial charge in [0, 0.05) is 5.39 Å². The number of methoxy groups -OCH3 is 1. The lowest BCUT2D eigenvalue weighted by Gasteiger charge is -2.39. The molecule has 0 unspecified atom stereocenters. The van der Waals surface area contributed by atoms with Crippen molar-refractivity contribution in [3.8, 4) is 11.1 Å². The molecule has 3 aromatic rings. The summed E-state index contributed by atoms with van der Waals surface area (Å²) in [4.78, 5) is 18.2. The fourth-order valence-electron chi connectivity index (χ4n) is 4.12. The molecule has 0 bridgehead atoms. The Morgan fingerprint density at radius 3 is 2.31 bits per heavy atom. The molecule has 1 aliphatic rings. The number of aliphatic hydroxyl groups is 3. The van der Waals surface area contributed by atoms with Crippen molar-refractivity contribution in [2.75, 3.05) is 7.11 Å². The van der Waals surface area contributed by atoms with Gasteiger partial charge in [0.05, 0.1) is 24.3 Å². The molecule has 4 rings (SSSR count). The van der Waals surface area contributed by atoms with Crippen molar-refractivity contribution in [1.82, 2.24) is 4.73 Å². The molecule has 1 aromatic heterocycles. The van der Waals surface area contributed by atoms with Crippen molar-refractivity contribution in [2.45, 2.75) is 50.2 Å². The summed E-state index contributed by atoms with van der Waals surface area (Å²) in [6.07, 6.45) is -11.9. The summed E-state index contributed by atoms with van der Waals surface area (Å²) >= 11 is 0. The average molecular weight is 495 g/mol. The maximum atomic E-state index is 14.1. The van der Waals surface area contributed by atoms with Crippen LogP contribution in [0.25, 0.3) is 22.0 Å². The predicted molar refractivity (Wildman–Crippen MR) is 117 cm³/mol. The van der Waals surface area contributed by atoms with E-state index in [4.69, 9.17) is 14.3 Å². The van der Waals surface area contributed by atoms with Gasteiger partial charge in [-0.2, -0.15) is 17.9 Å². The molecule has 1 fully saturated rings. The van der Waals surface area contributed by atoms with Crippen LogP contribution in [0.1, 0.15) is 29.4 Å². The Kier molecular flexibility index (Phi) is 6.78. The summed E-state index contributed by atoms with van der Waals surface area (Å²) in [5.41, 5.74) is -0.831. The first-order chi connectivity index (χ1) is 16.6. The van der Waals surface area contributed by atoms with E-state index >= 15 is 0 Å². The smallest absolute Gasteiger partial charge is 0.417 e. The van der Waals surface area contributed by atoms with Gasteiger partial charge >= 0.3 is 12.1 Å². The van der Waals surface area contributed by atoms with Gasteiger partial charge in [0.1, 0.15) is 18.3 Å². The minimum absolute atomic E-state index is 0.136. The van der Waals surface area contributed by atoms with Gasteiger partial charge in [-0.15, -0.1) is 0 Å². The minimum Gasteiger partial charge on any atom is -0.464 e. The van der Waals surface area contributed by atoms with E-state index < -0.39 is 48.4 Å². The minimum atomic E-state index is -4.77. The van der Waals surface area contributed by atoms with E-state index in [1.807, 2.05) is 0 Å². The van der Waals surface area contributed by atoms with Gasteiger partial charge in [0.2, 0.25) is 0 Å². The number of hydrogen-bond donors (Lipinski definition) is 3. The van der Waals surface area contributed by atoms with Gasteiger partial charge in [-0.1, -0.05) is 37.3 Å². The number of rotatable bonds is 5. The summed E-state index contributed by atoms with van der Waals surface area (Å²) < 4.78 is 53.3. The number of alkyl halides is 3. The SMILES string of the molecule is CC[C@H]1O[C@@H](On2c(C(=O)OC)cc3c(C(F)(F)F)cc(-c4ccccc4)cc32)[C@H](O)[C@H](O)[C@H]1O. The Labute approximate surface area is 198 Å². The van der Waals surface area contributed by atoms with Crippen LogP contribution in [0.3, 0.4) is 0 Å². The maximum Gasteiger partial charge on any atom is 0.417 e. The van der Waals surface area contributed by atoms with Crippen molar-refractivity contribution < 1.29 is 47.6 Å². The molecule has 0 saturated carbocycles. The lowest BCUT2D eigenvalue weighted by molar-refractivity contribution is -0.295. The molecule has 1 aliphatic heterocycles. The standard InChI is InChI=1S/C24H24F3NO7/c1-3-18-19(29)20(30)21(31)23(34-18)35-28-16-10-13(12-7-5-4-6-8-12)9-15(24(25,26)27)14(16)11-17(28)22(32)33-2/h4-11,18-21,23,29-31H,3H2,1-2H3/t18-,19+,20-,21-,23+/m1/s1. The van der Waals surface area contributed by atoms with Crippen molar-refractivity contribution in [3.63, 3.8) is 0 Å². The zero-order valence-corrected chi connectivity index (χ0v) is 18.8. The molecule has 2 aromatic carbocycles. The Morgan fingerprint density at radius 1 is 1.03 bits per heavy atom. The highest BCUT2D eigenvalue weighted by atomic mass is 19.4. The summed E-state index contributed by atoms with van der Waals surface area (Å²) in [5, 5.41) is 30.4. The molecule has 188 valence electrons. The monoisotopic (exact) mass is 495 g/mol. The highest BCUT2D eigenvalue weighted by molar-refractivity contribution is 5.98. The third-order valence-corrected chi connectivity index (χ3v) is 5.96. The predicted octanol–water partition coefficient (Wildman–Crippen LogP) is 2.76. The molecule has 8 nitrogen and oxygen atoms in total. The largest absolute Gasteiger partial charge is 0.464 e. The summed E-state index contributed by atoms with van der Waals surface area (Å²) in [6, 6.07) is 11.7. The van der Waals surface area contributed by atoms with E-state index in [-0.39, 0.29) is 28.6 Å². The third-order valence-electron chi connectivity index (χ3n) is 5.96. The van der Waals surface area contributed by atoms with Gasteiger partial charge in [-0.25, -0.2) is 4.79 Å². The van der Waals surface area contributed by atoms with Gasteiger partial charge < -0.3 is 29.6 Å². The summed E-state index contributed by atoms with van der Waals surface area (Å²) in [5.74, 6) is -0.992. The topological polar surface area (TPSA) is 110 Å². The number of ether oxygens (including phenoxy) is 2.